The quantitative estimate of drug-likeness (QED) is 0.0791. The van der Waals surface area contributed by atoms with Crippen LogP contribution >= 0.6 is 23.4 Å². The summed E-state index contributed by atoms with van der Waals surface area (Å²) in [5.74, 6) is 0.296. The molecule has 0 radical (unpaired) electrons. The van der Waals surface area contributed by atoms with Gasteiger partial charge in [-0.15, -0.1) is 11.6 Å². The predicted molar refractivity (Wildman–Crippen MR) is 166 cm³/mol. The zero-order valence-electron chi connectivity index (χ0n) is 25.4. The Bertz CT molecular complexity index is 1440. The van der Waals surface area contributed by atoms with Gasteiger partial charge in [0.2, 0.25) is 14.9 Å². The number of alkyl halides is 4. The van der Waals surface area contributed by atoms with Gasteiger partial charge in [0.25, 0.3) is 0 Å². The number of sulfone groups is 1. The number of carbonyl (C=O) groups excluding carboxylic acids is 1. The largest absolute Gasteiger partial charge is 0.741 e. The fourth-order valence-electron chi connectivity index (χ4n) is 4.42. The molecule has 1 aromatic rings. The summed E-state index contributed by atoms with van der Waals surface area (Å²) in [6.07, 6.45) is 3.62. The average Bonchev–Trinajstić information content (AvgIpc) is 3.50. The fraction of sp³-hybridized carbons (Fsp3) is 0.630. The zero-order chi connectivity index (χ0) is 33.7. The molecule has 1 aliphatic heterocycles. The molecule has 1 heterocycles. The summed E-state index contributed by atoms with van der Waals surface area (Å²) in [5, 5.41) is 0.983. The van der Waals surface area contributed by atoms with E-state index in [1.807, 2.05) is 12.1 Å². The van der Waals surface area contributed by atoms with Crippen molar-refractivity contribution in [3.05, 3.63) is 41.3 Å². The van der Waals surface area contributed by atoms with Gasteiger partial charge in [-0.2, -0.15) is 13.2 Å². The van der Waals surface area contributed by atoms with Crippen molar-refractivity contribution in [3.8, 4) is 0 Å². The number of halogens is 4. The zero-order valence-corrected chi connectivity index (χ0v) is 29.6. The average molecular weight is 722 g/mol. The standard InChI is InChI=1S/C26H39ClNO5S2Si.CHF3O3S/c1-7-32-25(29)18-34-24-14-13-19(17-27)28(24)22-15-20(33-36(5,6)26(2,3)4)16-23(22)35(30,31)21-11-9-8-10-12-21;2-1(3,4)8(5,6)7/h8-12,16,19-20,22H,7,13-15,17-18H2,1-6H3;(H,5,6,7)/q+1;/p-1/t19-,20+,22-;/m0./s1. The number of ether oxygens (including phenoxy) is 1. The van der Waals surface area contributed by atoms with Gasteiger partial charge in [0.15, 0.2) is 30.5 Å². The summed E-state index contributed by atoms with van der Waals surface area (Å²) in [4.78, 5) is 12.7. The summed E-state index contributed by atoms with van der Waals surface area (Å²) in [7, 11) is -12.0. The van der Waals surface area contributed by atoms with Crippen LogP contribution in [0.4, 0.5) is 13.2 Å². The maximum Gasteiger partial charge on any atom is 0.485 e. The van der Waals surface area contributed by atoms with Crippen LogP contribution in [0.5, 0.6) is 0 Å². The first kappa shape index (κ1) is 38.7. The van der Waals surface area contributed by atoms with Crippen LogP contribution in [0.2, 0.25) is 18.1 Å². The smallest absolute Gasteiger partial charge is 0.485 e. The highest BCUT2D eigenvalue weighted by Gasteiger charge is 2.50. The fourth-order valence-corrected chi connectivity index (χ4v) is 8.74. The van der Waals surface area contributed by atoms with E-state index in [0.29, 0.717) is 23.8 Å². The monoisotopic (exact) mass is 721 g/mol. The molecule has 1 aliphatic carbocycles. The maximum atomic E-state index is 13.9. The Hall–Kier alpha value is -1.43. The second-order valence-electron chi connectivity index (χ2n) is 11.7. The molecule has 0 fully saturated rings. The van der Waals surface area contributed by atoms with Crippen molar-refractivity contribution in [2.24, 2.45) is 0 Å². The van der Waals surface area contributed by atoms with Gasteiger partial charge in [-0.3, -0.25) is 4.79 Å². The van der Waals surface area contributed by atoms with Crippen LogP contribution < -0.4 is 0 Å². The van der Waals surface area contributed by atoms with Crippen LogP contribution in [0.3, 0.4) is 0 Å². The van der Waals surface area contributed by atoms with Crippen LogP contribution in [0, 0.1) is 0 Å². The summed E-state index contributed by atoms with van der Waals surface area (Å²) >= 11 is 7.82. The number of esters is 1. The summed E-state index contributed by atoms with van der Waals surface area (Å²) in [6, 6.07) is 8.15. The summed E-state index contributed by atoms with van der Waals surface area (Å²) < 4.78 is 101. The third kappa shape index (κ3) is 9.78. The van der Waals surface area contributed by atoms with Crippen LogP contribution in [0.15, 0.2) is 46.2 Å². The van der Waals surface area contributed by atoms with Crippen LogP contribution in [-0.4, -0.2) is 87.2 Å². The van der Waals surface area contributed by atoms with Crippen molar-refractivity contribution in [2.75, 3.05) is 18.2 Å². The highest BCUT2D eigenvalue weighted by molar-refractivity contribution is 8.14. The Kier molecular flexibility index (Phi) is 13.2. The van der Waals surface area contributed by atoms with E-state index in [0.717, 1.165) is 17.9 Å². The molecule has 1 aromatic carbocycles. The van der Waals surface area contributed by atoms with Crippen molar-refractivity contribution in [1.82, 2.24) is 0 Å². The minimum absolute atomic E-state index is 0.00348. The summed E-state index contributed by atoms with van der Waals surface area (Å²) in [5.41, 5.74) is -5.65. The normalized spacial score (nSPS) is 21.5. The van der Waals surface area contributed by atoms with Crippen LogP contribution in [0.1, 0.15) is 47.0 Å². The molecular formula is C27H39ClF3NO8S3Si. The van der Waals surface area contributed by atoms with Gasteiger partial charge in [0, 0.05) is 19.3 Å². The molecule has 0 saturated carbocycles. The number of nitrogens with zero attached hydrogens (tertiary/aromatic N) is 1. The maximum absolute atomic E-state index is 13.9. The molecule has 0 aromatic heterocycles. The van der Waals surface area contributed by atoms with Crippen molar-refractivity contribution in [1.29, 1.82) is 0 Å². The van der Waals surface area contributed by atoms with E-state index in [2.05, 4.69) is 38.4 Å². The lowest BCUT2D eigenvalue weighted by Crippen LogP contribution is -2.44. The van der Waals surface area contributed by atoms with E-state index < -0.39 is 39.8 Å². The first-order chi connectivity index (χ1) is 20.1. The number of rotatable bonds is 9. The molecule has 2 aliphatic rings. The van der Waals surface area contributed by atoms with Gasteiger partial charge in [0.05, 0.1) is 23.5 Å². The second-order valence-corrected chi connectivity index (χ2v) is 21.1. The lowest BCUT2D eigenvalue weighted by Gasteiger charge is -2.38. The third-order valence-corrected chi connectivity index (χ3v) is 16.1. The Morgan fingerprint density at radius 1 is 1.14 bits per heavy atom. The molecule has 0 spiro atoms. The lowest BCUT2D eigenvalue weighted by molar-refractivity contribution is -0.577. The first-order valence-electron chi connectivity index (χ1n) is 13.8. The molecule has 9 nitrogen and oxygen atoms in total. The van der Waals surface area contributed by atoms with E-state index in [9.17, 15) is 26.4 Å². The molecule has 44 heavy (non-hydrogen) atoms. The van der Waals surface area contributed by atoms with E-state index in [1.165, 1.54) is 11.8 Å². The number of carbonyl (C=O) groups is 1. The highest BCUT2D eigenvalue weighted by Crippen LogP contribution is 2.42. The number of thioether (sulfide) groups is 1. The Morgan fingerprint density at radius 3 is 2.18 bits per heavy atom. The van der Waals surface area contributed by atoms with E-state index >= 15 is 0 Å². The minimum atomic E-state index is -6.09. The molecule has 250 valence electrons. The van der Waals surface area contributed by atoms with Gasteiger partial charge in [-0.1, -0.05) is 50.7 Å². The van der Waals surface area contributed by atoms with E-state index in [4.69, 9.17) is 33.7 Å². The SMILES string of the molecule is CCOC(=O)CSC1=[N+]([C@H]2C[C@@H](O[Si](C)(C)C(C)(C)C)C=C2S(=O)(=O)c2ccccc2)[C@H](CCl)CC1.O=S(=O)([O-])C(F)(F)F. The van der Waals surface area contributed by atoms with Crippen molar-refractivity contribution in [2.45, 2.75) is 93.7 Å². The Labute approximate surface area is 268 Å². The number of hydrogen-bond donors (Lipinski definition) is 0. The molecular weight excluding hydrogens is 683 g/mol. The van der Waals surface area contributed by atoms with Crippen molar-refractivity contribution < 1.29 is 53.1 Å². The lowest BCUT2D eigenvalue weighted by atomic mass is 10.2. The molecule has 17 heteroatoms. The Morgan fingerprint density at radius 2 is 1.70 bits per heavy atom. The van der Waals surface area contributed by atoms with Crippen LogP contribution in [-0.2, 0) is 33.9 Å². The number of hydrogen-bond acceptors (Lipinski definition) is 9. The summed E-state index contributed by atoms with van der Waals surface area (Å²) in [6.45, 7) is 13.0. The predicted octanol–water partition coefficient (Wildman–Crippen LogP) is 5.67. The molecule has 0 bridgehead atoms. The van der Waals surface area contributed by atoms with Gasteiger partial charge in [0.1, 0.15) is 10.7 Å². The van der Waals surface area contributed by atoms with Gasteiger partial charge >= 0.3 is 11.5 Å². The molecule has 0 N–H and O–H groups in total. The molecule has 0 saturated heterocycles. The van der Waals surface area contributed by atoms with Gasteiger partial charge in [-0.05, 0) is 43.3 Å². The van der Waals surface area contributed by atoms with Crippen LogP contribution in [0.25, 0.3) is 0 Å². The minimum Gasteiger partial charge on any atom is -0.741 e. The second kappa shape index (κ2) is 15.0. The Balaban J connectivity index is 0.000000742. The van der Waals surface area contributed by atoms with E-state index in [1.54, 1.807) is 31.2 Å². The molecule has 3 atom stereocenters. The van der Waals surface area contributed by atoms with Crippen molar-refractivity contribution in [3.63, 3.8) is 0 Å². The number of benzene rings is 1. The van der Waals surface area contributed by atoms with Gasteiger partial charge in [-0.25, -0.2) is 21.4 Å². The van der Waals surface area contributed by atoms with Gasteiger partial charge < -0.3 is 13.7 Å². The third-order valence-electron chi connectivity index (χ3n) is 7.58. The molecule has 3 rings (SSSR count). The van der Waals surface area contributed by atoms with E-state index in [-0.39, 0.29) is 33.8 Å². The highest BCUT2D eigenvalue weighted by atomic mass is 35.5. The topological polar surface area (TPSA) is 130 Å². The first-order valence-corrected chi connectivity index (χ1v) is 21.1. The molecule has 0 amide bonds. The molecule has 0 unspecified atom stereocenters. The van der Waals surface area contributed by atoms with Crippen molar-refractivity contribution >= 4 is 62.6 Å².